The van der Waals surface area contributed by atoms with Crippen molar-refractivity contribution in [2.24, 2.45) is 0 Å². The van der Waals surface area contributed by atoms with Crippen molar-refractivity contribution in [1.82, 2.24) is 10.3 Å². The van der Waals surface area contributed by atoms with Crippen molar-refractivity contribution in [1.29, 1.82) is 0 Å². The molecule has 1 N–H and O–H groups in total. The quantitative estimate of drug-likeness (QED) is 0.706. The minimum Gasteiger partial charge on any atom is -0.497 e. The first-order valence-corrected chi connectivity index (χ1v) is 9.03. The number of amides is 1. The Bertz CT molecular complexity index is 889. The largest absolute Gasteiger partial charge is 0.497 e. The third-order valence-electron chi connectivity index (χ3n) is 3.97. The second-order valence-electron chi connectivity index (χ2n) is 5.77. The second kappa shape index (κ2) is 8.10. The molecule has 0 saturated heterocycles. The van der Waals surface area contributed by atoms with Crippen molar-refractivity contribution in [2.75, 3.05) is 13.7 Å². The van der Waals surface area contributed by atoms with Gasteiger partial charge in [-0.15, -0.1) is 11.3 Å². The predicted molar refractivity (Wildman–Crippen MR) is 101 cm³/mol. The monoisotopic (exact) mass is 370 g/mol. The first kappa shape index (κ1) is 18.1. The molecule has 0 saturated carbocycles. The zero-order valence-electron chi connectivity index (χ0n) is 14.6. The number of halogens is 1. The zero-order chi connectivity index (χ0) is 18.5. The van der Waals surface area contributed by atoms with Gasteiger partial charge in [-0.05, 0) is 55.5 Å². The van der Waals surface area contributed by atoms with Crippen molar-refractivity contribution in [3.8, 4) is 16.3 Å². The van der Waals surface area contributed by atoms with Crippen LogP contribution < -0.4 is 10.1 Å². The van der Waals surface area contributed by atoms with Gasteiger partial charge in [0.1, 0.15) is 16.6 Å². The number of nitrogens with zero attached hydrogens (tertiary/aromatic N) is 1. The van der Waals surface area contributed by atoms with Gasteiger partial charge >= 0.3 is 0 Å². The van der Waals surface area contributed by atoms with E-state index in [-0.39, 0.29) is 11.7 Å². The Morgan fingerprint density at radius 1 is 1.15 bits per heavy atom. The van der Waals surface area contributed by atoms with Crippen LogP contribution >= 0.6 is 11.3 Å². The zero-order valence-corrected chi connectivity index (χ0v) is 15.4. The number of rotatable bonds is 6. The normalized spacial score (nSPS) is 10.6. The van der Waals surface area contributed by atoms with Crippen molar-refractivity contribution in [3.05, 3.63) is 70.5 Å². The highest BCUT2D eigenvalue weighted by atomic mass is 32.1. The van der Waals surface area contributed by atoms with Crippen molar-refractivity contribution >= 4 is 17.2 Å². The fourth-order valence-corrected chi connectivity index (χ4v) is 3.58. The lowest BCUT2D eigenvalue weighted by Gasteiger charge is -2.05. The number of benzene rings is 2. The van der Waals surface area contributed by atoms with Gasteiger partial charge in [-0.3, -0.25) is 4.79 Å². The fourth-order valence-electron chi connectivity index (χ4n) is 2.51. The van der Waals surface area contributed by atoms with Crippen LogP contribution in [0.25, 0.3) is 10.6 Å². The summed E-state index contributed by atoms with van der Waals surface area (Å²) >= 11 is 1.57. The lowest BCUT2D eigenvalue weighted by molar-refractivity contribution is 0.0954. The van der Waals surface area contributed by atoms with Crippen LogP contribution in [0.2, 0.25) is 0 Å². The van der Waals surface area contributed by atoms with E-state index in [4.69, 9.17) is 4.74 Å². The maximum atomic E-state index is 13.0. The van der Waals surface area contributed by atoms with E-state index in [1.807, 2.05) is 6.92 Å². The standard InChI is InChI=1S/C20H19FN2O2S/c1-13-18(26-20(23-13)15-3-7-16(21)8-4-15)11-12-22-19(24)14-5-9-17(25-2)10-6-14/h3-10H,11-12H2,1-2H3,(H,22,24). The van der Waals surface area contributed by atoms with Crippen LogP contribution in [0.3, 0.4) is 0 Å². The molecule has 0 aliphatic heterocycles. The molecule has 4 nitrogen and oxygen atoms in total. The van der Waals surface area contributed by atoms with E-state index >= 15 is 0 Å². The first-order chi connectivity index (χ1) is 12.6. The van der Waals surface area contributed by atoms with Gasteiger partial charge < -0.3 is 10.1 Å². The number of thiazole rings is 1. The Labute approximate surface area is 155 Å². The van der Waals surface area contributed by atoms with E-state index in [1.54, 1.807) is 54.8 Å². The van der Waals surface area contributed by atoms with Crippen molar-refractivity contribution < 1.29 is 13.9 Å². The minimum atomic E-state index is -0.261. The fraction of sp³-hybridized carbons (Fsp3) is 0.200. The molecule has 26 heavy (non-hydrogen) atoms. The molecular weight excluding hydrogens is 351 g/mol. The SMILES string of the molecule is COc1ccc(C(=O)NCCc2sc(-c3ccc(F)cc3)nc2C)cc1. The van der Waals surface area contributed by atoms with E-state index < -0.39 is 0 Å². The van der Waals surface area contributed by atoms with E-state index in [9.17, 15) is 9.18 Å². The molecule has 0 unspecified atom stereocenters. The number of methoxy groups -OCH3 is 1. The summed E-state index contributed by atoms with van der Waals surface area (Å²) < 4.78 is 18.1. The summed E-state index contributed by atoms with van der Waals surface area (Å²) in [5.41, 5.74) is 2.43. The molecule has 0 bridgehead atoms. The molecule has 0 atom stereocenters. The lowest BCUT2D eigenvalue weighted by atomic mass is 10.2. The van der Waals surface area contributed by atoms with E-state index in [0.29, 0.717) is 18.5 Å². The maximum absolute atomic E-state index is 13.0. The summed E-state index contributed by atoms with van der Waals surface area (Å²) in [4.78, 5) is 17.8. The van der Waals surface area contributed by atoms with Crippen LogP contribution in [0.4, 0.5) is 4.39 Å². The Balaban J connectivity index is 1.59. The van der Waals surface area contributed by atoms with Gasteiger partial charge in [0.25, 0.3) is 5.91 Å². The Morgan fingerprint density at radius 2 is 1.85 bits per heavy atom. The van der Waals surface area contributed by atoms with Crippen LogP contribution in [-0.4, -0.2) is 24.5 Å². The molecule has 1 aromatic heterocycles. The highest BCUT2D eigenvalue weighted by molar-refractivity contribution is 7.15. The molecular formula is C20H19FN2O2S. The summed E-state index contributed by atoms with van der Waals surface area (Å²) in [6.45, 7) is 2.47. The number of aromatic nitrogens is 1. The van der Waals surface area contributed by atoms with Crippen LogP contribution in [0.15, 0.2) is 48.5 Å². The van der Waals surface area contributed by atoms with Gasteiger partial charge in [-0.1, -0.05) is 0 Å². The summed E-state index contributed by atoms with van der Waals surface area (Å²) in [7, 11) is 1.59. The van der Waals surface area contributed by atoms with Crippen LogP contribution in [-0.2, 0) is 6.42 Å². The molecule has 3 aromatic rings. The highest BCUT2D eigenvalue weighted by Gasteiger charge is 2.11. The predicted octanol–water partition coefficient (Wildman–Crippen LogP) is 4.24. The van der Waals surface area contributed by atoms with Gasteiger partial charge in [0, 0.05) is 29.0 Å². The van der Waals surface area contributed by atoms with E-state index in [1.165, 1.54) is 12.1 Å². The number of hydrogen-bond acceptors (Lipinski definition) is 4. The number of carbonyl (C=O) groups is 1. The third-order valence-corrected chi connectivity index (χ3v) is 5.24. The molecule has 1 heterocycles. The van der Waals surface area contributed by atoms with Crippen LogP contribution in [0.5, 0.6) is 5.75 Å². The summed E-state index contributed by atoms with van der Waals surface area (Å²) in [5, 5.41) is 3.78. The topological polar surface area (TPSA) is 51.2 Å². The average Bonchev–Trinajstić information content (AvgIpc) is 3.03. The van der Waals surface area contributed by atoms with Crippen molar-refractivity contribution in [2.45, 2.75) is 13.3 Å². The smallest absolute Gasteiger partial charge is 0.251 e. The Kier molecular flexibility index (Phi) is 5.63. The molecule has 0 spiro atoms. The van der Waals surface area contributed by atoms with Gasteiger partial charge in [-0.25, -0.2) is 9.37 Å². The minimum absolute atomic E-state index is 0.117. The van der Waals surface area contributed by atoms with Crippen LogP contribution in [0.1, 0.15) is 20.9 Å². The molecule has 0 aliphatic rings. The van der Waals surface area contributed by atoms with Gasteiger partial charge in [0.15, 0.2) is 0 Å². The molecule has 0 aliphatic carbocycles. The summed E-state index contributed by atoms with van der Waals surface area (Å²) in [5.74, 6) is 0.340. The second-order valence-corrected chi connectivity index (χ2v) is 6.85. The maximum Gasteiger partial charge on any atom is 0.251 e. The molecule has 6 heteroatoms. The molecule has 0 fully saturated rings. The highest BCUT2D eigenvalue weighted by Crippen LogP contribution is 2.28. The molecule has 1 amide bonds. The first-order valence-electron chi connectivity index (χ1n) is 8.21. The van der Waals surface area contributed by atoms with Gasteiger partial charge in [0.2, 0.25) is 0 Å². The number of carbonyl (C=O) groups excluding carboxylic acids is 1. The summed E-state index contributed by atoms with van der Waals surface area (Å²) in [6.07, 6.45) is 0.701. The number of aryl methyl sites for hydroxylation is 1. The van der Waals surface area contributed by atoms with Gasteiger partial charge in [0.05, 0.1) is 12.8 Å². The third kappa shape index (κ3) is 4.26. The Hall–Kier alpha value is -2.73. The molecule has 0 radical (unpaired) electrons. The Morgan fingerprint density at radius 3 is 2.50 bits per heavy atom. The molecule has 2 aromatic carbocycles. The van der Waals surface area contributed by atoms with Gasteiger partial charge in [-0.2, -0.15) is 0 Å². The van der Waals surface area contributed by atoms with Crippen LogP contribution in [0, 0.1) is 12.7 Å². The van der Waals surface area contributed by atoms with E-state index in [2.05, 4.69) is 10.3 Å². The average molecular weight is 370 g/mol. The summed E-state index contributed by atoms with van der Waals surface area (Å²) in [6, 6.07) is 13.3. The van der Waals surface area contributed by atoms with E-state index in [0.717, 1.165) is 26.9 Å². The molecule has 3 rings (SSSR count). The lowest BCUT2D eigenvalue weighted by Crippen LogP contribution is -2.25. The number of hydrogen-bond donors (Lipinski definition) is 1. The number of ether oxygens (including phenoxy) is 1. The molecule has 134 valence electrons. The van der Waals surface area contributed by atoms with Crippen molar-refractivity contribution in [3.63, 3.8) is 0 Å². The number of nitrogens with one attached hydrogen (secondary N) is 1.